The first-order chi connectivity index (χ1) is 5.20. The Morgan fingerprint density at radius 1 is 1.73 bits per heavy atom. The van der Waals surface area contributed by atoms with E-state index in [1.807, 2.05) is 0 Å². The SMILES string of the molecule is CC(=O)NC(C)n1[c]nnn1. The Morgan fingerprint density at radius 3 is 2.91 bits per heavy atom. The van der Waals surface area contributed by atoms with Gasteiger partial charge in [0.05, 0.1) is 0 Å². The molecule has 1 heterocycles. The lowest BCUT2D eigenvalue weighted by molar-refractivity contribution is -0.120. The number of aromatic nitrogens is 4. The van der Waals surface area contributed by atoms with Gasteiger partial charge in [-0.1, -0.05) is 0 Å². The van der Waals surface area contributed by atoms with E-state index in [0.29, 0.717) is 0 Å². The molecule has 0 spiro atoms. The molecule has 1 rings (SSSR count). The van der Waals surface area contributed by atoms with E-state index in [1.165, 1.54) is 11.6 Å². The molecule has 1 aromatic heterocycles. The predicted molar refractivity (Wildman–Crippen MR) is 35.2 cm³/mol. The molecule has 0 aliphatic heterocycles. The molecule has 1 unspecified atom stereocenters. The van der Waals surface area contributed by atoms with Gasteiger partial charge in [-0.05, 0) is 17.4 Å². The Kier molecular flexibility index (Phi) is 2.15. The highest BCUT2D eigenvalue weighted by Gasteiger charge is 2.05. The van der Waals surface area contributed by atoms with Gasteiger partial charge in [-0.25, -0.2) is 0 Å². The molecule has 1 atom stereocenters. The van der Waals surface area contributed by atoms with Crippen LogP contribution in [0.5, 0.6) is 0 Å². The van der Waals surface area contributed by atoms with Crippen molar-refractivity contribution in [1.29, 1.82) is 0 Å². The molecule has 6 nitrogen and oxygen atoms in total. The van der Waals surface area contributed by atoms with E-state index in [0.717, 1.165) is 0 Å². The zero-order chi connectivity index (χ0) is 8.27. The van der Waals surface area contributed by atoms with Crippen LogP contribution in [0, 0.1) is 6.33 Å². The maximum Gasteiger partial charge on any atom is 0.223 e. The van der Waals surface area contributed by atoms with Gasteiger partial charge in [0.2, 0.25) is 12.2 Å². The third kappa shape index (κ3) is 1.99. The summed E-state index contributed by atoms with van der Waals surface area (Å²) in [5.41, 5.74) is 0. The summed E-state index contributed by atoms with van der Waals surface area (Å²) < 4.78 is 1.33. The minimum Gasteiger partial charge on any atom is -0.335 e. The second-order valence-corrected chi connectivity index (χ2v) is 2.10. The number of nitrogens with one attached hydrogen (secondary N) is 1. The third-order valence-electron chi connectivity index (χ3n) is 1.11. The van der Waals surface area contributed by atoms with Crippen molar-refractivity contribution in [3.05, 3.63) is 6.33 Å². The number of tetrazole rings is 1. The van der Waals surface area contributed by atoms with Gasteiger partial charge in [0.25, 0.3) is 0 Å². The molecule has 1 amide bonds. The van der Waals surface area contributed by atoms with Crippen molar-refractivity contribution < 1.29 is 4.79 Å². The van der Waals surface area contributed by atoms with Crippen LogP contribution >= 0.6 is 0 Å². The van der Waals surface area contributed by atoms with Crippen LogP contribution in [-0.4, -0.2) is 26.1 Å². The maximum absolute atomic E-state index is 10.5. The highest BCUT2D eigenvalue weighted by atomic mass is 16.1. The van der Waals surface area contributed by atoms with Gasteiger partial charge >= 0.3 is 0 Å². The van der Waals surface area contributed by atoms with Gasteiger partial charge in [-0.3, -0.25) is 4.79 Å². The standard InChI is InChI=1S/C5H8N5O/c1-4(7-5(2)11)10-3-6-8-9-10/h4H,1-2H3,(H,7,11). The van der Waals surface area contributed by atoms with Gasteiger partial charge in [0.15, 0.2) is 0 Å². The van der Waals surface area contributed by atoms with Gasteiger partial charge in [0, 0.05) is 6.92 Å². The van der Waals surface area contributed by atoms with Crippen LogP contribution in [0.4, 0.5) is 0 Å². The van der Waals surface area contributed by atoms with Crippen LogP contribution in [0.25, 0.3) is 0 Å². The topological polar surface area (TPSA) is 72.7 Å². The summed E-state index contributed by atoms with van der Waals surface area (Å²) in [5, 5.41) is 12.8. The van der Waals surface area contributed by atoms with Crippen molar-refractivity contribution in [2.45, 2.75) is 20.0 Å². The van der Waals surface area contributed by atoms with Crippen molar-refractivity contribution >= 4 is 5.91 Å². The molecule has 0 aliphatic carbocycles. The first kappa shape index (κ1) is 7.64. The molecule has 0 aliphatic rings. The van der Waals surface area contributed by atoms with Crippen LogP contribution in [0.3, 0.4) is 0 Å². The number of hydrogen-bond acceptors (Lipinski definition) is 4. The zero-order valence-electron chi connectivity index (χ0n) is 6.27. The number of hydrogen-bond donors (Lipinski definition) is 1. The molecule has 1 N–H and O–H groups in total. The first-order valence-corrected chi connectivity index (χ1v) is 3.13. The summed E-state index contributed by atoms with van der Waals surface area (Å²) in [4.78, 5) is 10.5. The quantitative estimate of drug-likeness (QED) is 0.600. The van der Waals surface area contributed by atoms with E-state index in [1.54, 1.807) is 6.92 Å². The van der Waals surface area contributed by atoms with Crippen molar-refractivity contribution in [3.63, 3.8) is 0 Å². The Morgan fingerprint density at radius 2 is 2.45 bits per heavy atom. The van der Waals surface area contributed by atoms with Gasteiger partial charge in [-0.2, -0.15) is 4.68 Å². The fourth-order valence-electron chi connectivity index (χ4n) is 0.668. The number of rotatable bonds is 2. The molecule has 11 heavy (non-hydrogen) atoms. The highest BCUT2D eigenvalue weighted by molar-refractivity contribution is 5.72. The highest BCUT2D eigenvalue weighted by Crippen LogP contribution is 1.93. The molecule has 0 aromatic carbocycles. The largest absolute Gasteiger partial charge is 0.335 e. The molecular formula is C5H8N5O. The summed E-state index contributed by atoms with van der Waals surface area (Å²) in [7, 11) is 0. The Labute approximate surface area is 63.6 Å². The average molecular weight is 154 g/mol. The smallest absolute Gasteiger partial charge is 0.223 e. The lowest BCUT2D eigenvalue weighted by Gasteiger charge is -2.09. The van der Waals surface area contributed by atoms with Gasteiger partial charge < -0.3 is 5.32 Å². The fraction of sp³-hybridized carbons (Fsp3) is 0.600. The van der Waals surface area contributed by atoms with Gasteiger partial charge in [-0.15, -0.1) is 5.10 Å². The fourth-order valence-corrected chi connectivity index (χ4v) is 0.668. The summed E-state index contributed by atoms with van der Waals surface area (Å²) in [6.07, 6.45) is 2.22. The number of amides is 1. The summed E-state index contributed by atoms with van der Waals surface area (Å²) in [5.74, 6) is -0.124. The lowest BCUT2D eigenvalue weighted by atomic mass is 10.5. The van der Waals surface area contributed by atoms with Crippen molar-refractivity contribution in [1.82, 2.24) is 25.5 Å². The minimum absolute atomic E-state index is 0.124. The van der Waals surface area contributed by atoms with Crippen LogP contribution < -0.4 is 5.32 Å². The van der Waals surface area contributed by atoms with E-state index in [-0.39, 0.29) is 12.1 Å². The molecule has 0 saturated carbocycles. The molecule has 1 aromatic rings. The van der Waals surface area contributed by atoms with E-state index >= 15 is 0 Å². The second-order valence-electron chi connectivity index (χ2n) is 2.10. The lowest BCUT2D eigenvalue weighted by Crippen LogP contribution is -2.28. The molecule has 1 radical (unpaired) electrons. The van der Waals surface area contributed by atoms with E-state index in [2.05, 4.69) is 27.2 Å². The average Bonchev–Trinajstić information content (AvgIpc) is 2.35. The van der Waals surface area contributed by atoms with E-state index < -0.39 is 0 Å². The molecule has 0 saturated heterocycles. The minimum atomic E-state index is -0.248. The van der Waals surface area contributed by atoms with Crippen LogP contribution in [0.2, 0.25) is 0 Å². The Bertz CT molecular complexity index is 231. The first-order valence-electron chi connectivity index (χ1n) is 3.13. The number of nitrogens with zero attached hydrogens (tertiary/aromatic N) is 4. The van der Waals surface area contributed by atoms with Gasteiger partial charge in [0.1, 0.15) is 6.17 Å². The molecule has 0 fully saturated rings. The number of carbonyl (C=O) groups excluding carboxylic acids is 1. The van der Waals surface area contributed by atoms with Crippen LogP contribution in [-0.2, 0) is 4.79 Å². The maximum atomic E-state index is 10.5. The normalized spacial score (nSPS) is 12.5. The van der Waals surface area contributed by atoms with Crippen molar-refractivity contribution in [2.24, 2.45) is 0 Å². The van der Waals surface area contributed by atoms with Crippen LogP contribution in [0.1, 0.15) is 20.0 Å². The molecule has 59 valence electrons. The Hall–Kier alpha value is -1.46. The summed E-state index contributed by atoms with van der Waals surface area (Å²) in [6, 6.07) is 0. The number of carbonyl (C=O) groups is 1. The summed E-state index contributed by atoms with van der Waals surface area (Å²) >= 11 is 0. The van der Waals surface area contributed by atoms with Crippen LogP contribution in [0.15, 0.2) is 0 Å². The van der Waals surface area contributed by atoms with E-state index in [9.17, 15) is 4.79 Å². The Balaban J connectivity index is 2.56. The van der Waals surface area contributed by atoms with E-state index in [4.69, 9.17) is 0 Å². The van der Waals surface area contributed by atoms with Crippen molar-refractivity contribution in [2.75, 3.05) is 0 Å². The summed E-state index contributed by atoms with van der Waals surface area (Å²) in [6.45, 7) is 3.19. The molecule has 0 bridgehead atoms. The predicted octanol–water partition coefficient (Wildman–Crippen LogP) is -0.872. The second kappa shape index (κ2) is 3.09. The molecule has 6 heteroatoms. The molecular weight excluding hydrogens is 146 g/mol. The third-order valence-corrected chi connectivity index (χ3v) is 1.11. The monoisotopic (exact) mass is 154 g/mol. The van der Waals surface area contributed by atoms with Crippen molar-refractivity contribution in [3.8, 4) is 0 Å². The zero-order valence-corrected chi connectivity index (χ0v) is 6.27.